The Hall–Kier alpha value is -1.85. The summed E-state index contributed by atoms with van der Waals surface area (Å²) in [5.41, 5.74) is 0. The minimum absolute atomic E-state index is 0.0740. The van der Waals surface area contributed by atoms with Crippen molar-refractivity contribution in [2.24, 2.45) is 0 Å². The molecule has 0 fully saturated rings. The van der Waals surface area contributed by atoms with E-state index in [0.717, 1.165) is 0 Å². The zero-order chi connectivity index (χ0) is 14.8. The van der Waals surface area contributed by atoms with Gasteiger partial charge in [-0.05, 0) is 6.07 Å². The number of aromatic nitrogens is 4. The van der Waals surface area contributed by atoms with Crippen molar-refractivity contribution >= 4 is 49.9 Å². The summed E-state index contributed by atoms with van der Waals surface area (Å²) in [6.07, 6.45) is 1.30. The van der Waals surface area contributed by atoms with E-state index in [2.05, 4.69) is 30.2 Å². The molecule has 2 aromatic heterocycles. The molecular formula is C8H7ClN6O3S2. The Bertz CT molecular complexity index is 746. The van der Waals surface area contributed by atoms with Crippen LogP contribution >= 0.6 is 22.9 Å². The molecule has 2 heterocycles. The van der Waals surface area contributed by atoms with E-state index in [4.69, 9.17) is 11.6 Å². The highest BCUT2D eigenvalue weighted by molar-refractivity contribution is 7.94. The summed E-state index contributed by atoms with van der Waals surface area (Å²) < 4.78 is 25.7. The van der Waals surface area contributed by atoms with Gasteiger partial charge in [0.25, 0.3) is 14.4 Å². The lowest BCUT2D eigenvalue weighted by molar-refractivity contribution is -0.114. The van der Waals surface area contributed by atoms with E-state index in [0.29, 0.717) is 11.3 Å². The van der Waals surface area contributed by atoms with Crippen LogP contribution in [0.5, 0.6) is 0 Å². The number of rotatable bonds is 4. The molecule has 106 valence electrons. The third-order valence-corrected chi connectivity index (χ3v) is 4.51. The minimum atomic E-state index is -3.99. The van der Waals surface area contributed by atoms with Crippen LogP contribution in [0.25, 0.3) is 0 Å². The maximum atomic E-state index is 12.0. The van der Waals surface area contributed by atoms with Crippen molar-refractivity contribution in [1.82, 2.24) is 20.2 Å². The molecule has 2 aromatic rings. The Balaban J connectivity index is 2.22. The van der Waals surface area contributed by atoms with Gasteiger partial charge in [-0.15, -0.1) is 10.2 Å². The number of nitrogens with one attached hydrogen (secondary N) is 2. The second kappa shape index (κ2) is 5.64. The van der Waals surface area contributed by atoms with Crippen molar-refractivity contribution in [2.75, 3.05) is 10.0 Å². The standard InChI is InChI=1S/C8H7ClN6O3S2/c1-4(16)11-7-13-14-8(19-7)20(17,18)15-6-10-3-2-5(9)12-6/h2-3H,1H3,(H,10,12,15)(H,11,13,16). The average molecular weight is 335 g/mol. The first-order valence-electron chi connectivity index (χ1n) is 4.99. The summed E-state index contributed by atoms with van der Waals surface area (Å²) in [6.45, 7) is 1.27. The zero-order valence-electron chi connectivity index (χ0n) is 9.86. The molecule has 20 heavy (non-hydrogen) atoms. The van der Waals surface area contributed by atoms with Crippen molar-refractivity contribution < 1.29 is 13.2 Å². The second-order valence-electron chi connectivity index (χ2n) is 3.36. The highest BCUT2D eigenvalue weighted by Gasteiger charge is 2.21. The molecule has 0 bridgehead atoms. The summed E-state index contributed by atoms with van der Waals surface area (Å²) in [5.74, 6) is -0.565. The van der Waals surface area contributed by atoms with Crippen LogP contribution in [0.3, 0.4) is 0 Å². The van der Waals surface area contributed by atoms with Crippen LogP contribution < -0.4 is 10.0 Å². The predicted molar refractivity (Wildman–Crippen MR) is 72.1 cm³/mol. The van der Waals surface area contributed by atoms with Crippen LogP contribution in [0.1, 0.15) is 6.92 Å². The molecule has 0 saturated heterocycles. The number of carbonyl (C=O) groups excluding carboxylic acids is 1. The maximum absolute atomic E-state index is 12.0. The highest BCUT2D eigenvalue weighted by Crippen LogP contribution is 2.21. The summed E-state index contributed by atoms with van der Waals surface area (Å²) in [4.78, 5) is 18.2. The molecular weight excluding hydrogens is 328 g/mol. The van der Waals surface area contributed by atoms with Crippen molar-refractivity contribution in [1.29, 1.82) is 0 Å². The summed E-state index contributed by atoms with van der Waals surface area (Å²) in [7, 11) is -3.99. The quantitative estimate of drug-likeness (QED) is 0.623. The molecule has 0 aliphatic rings. The zero-order valence-corrected chi connectivity index (χ0v) is 12.3. The van der Waals surface area contributed by atoms with E-state index in [1.165, 1.54) is 19.2 Å². The minimum Gasteiger partial charge on any atom is -0.301 e. The Kier molecular flexibility index (Phi) is 4.11. The molecule has 0 aliphatic carbocycles. The number of amides is 1. The third-order valence-electron chi connectivity index (χ3n) is 1.77. The van der Waals surface area contributed by atoms with Gasteiger partial charge in [0.2, 0.25) is 17.0 Å². The molecule has 2 rings (SSSR count). The van der Waals surface area contributed by atoms with E-state index in [1.807, 2.05) is 0 Å². The number of hydrogen-bond acceptors (Lipinski definition) is 8. The molecule has 0 aromatic carbocycles. The van der Waals surface area contributed by atoms with Gasteiger partial charge in [-0.1, -0.05) is 22.9 Å². The van der Waals surface area contributed by atoms with Crippen LogP contribution in [0, 0.1) is 0 Å². The number of anilines is 2. The number of halogens is 1. The first-order valence-corrected chi connectivity index (χ1v) is 7.67. The molecule has 0 aliphatic heterocycles. The lowest BCUT2D eigenvalue weighted by Gasteiger charge is -2.02. The molecule has 9 nitrogen and oxygen atoms in total. The van der Waals surface area contributed by atoms with Crippen molar-refractivity contribution in [3.63, 3.8) is 0 Å². The van der Waals surface area contributed by atoms with E-state index in [-0.39, 0.29) is 26.5 Å². The second-order valence-corrected chi connectivity index (χ2v) is 6.58. The fraction of sp³-hybridized carbons (Fsp3) is 0.125. The number of hydrogen-bond donors (Lipinski definition) is 2. The Labute approximate surface area is 122 Å². The monoisotopic (exact) mass is 334 g/mol. The van der Waals surface area contributed by atoms with Crippen LogP contribution in [0.2, 0.25) is 5.15 Å². The van der Waals surface area contributed by atoms with Crippen LogP contribution in [-0.4, -0.2) is 34.5 Å². The van der Waals surface area contributed by atoms with Crippen molar-refractivity contribution in [2.45, 2.75) is 11.3 Å². The number of sulfonamides is 1. The van der Waals surface area contributed by atoms with E-state index < -0.39 is 10.0 Å². The molecule has 0 spiro atoms. The lowest BCUT2D eigenvalue weighted by atomic mass is 10.7. The molecule has 2 N–H and O–H groups in total. The topological polar surface area (TPSA) is 127 Å². The Morgan fingerprint density at radius 1 is 1.40 bits per heavy atom. The fourth-order valence-corrected chi connectivity index (χ4v) is 3.10. The summed E-state index contributed by atoms with van der Waals surface area (Å²) in [6, 6.07) is 1.40. The maximum Gasteiger partial charge on any atom is 0.293 e. The summed E-state index contributed by atoms with van der Waals surface area (Å²) in [5, 5.41) is 9.50. The van der Waals surface area contributed by atoms with Gasteiger partial charge in [-0.2, -0.15) is 8.42 Å². The number of carbonyl (C=O) groups is 1. The van der Waals surface area contributed by atoms with Gasteiger partial charge in [0, 0.05) is 13.1 Å². The fourth-order valence-electron chi connectivity index (χ4n) is 1.07. The molecule has 0 radical (unpaired) electrons. The van der Waals surface area contributed by atoms with Gasteiger partial charge in [0.05, 0.1) is 0 Å². The SMILES string of the molecule is CC(=O)Nc1nnc(S(=O)(=O)Nc2nccc(Cl)n2)s1. The smallest absolute Gasteiger partial charge is 0.293 e. The Morgan fingerprint density at radius 2 is 2.15 bits per heavy atom. The van der Waals surface area contributed by atoms with E-state index in [9.17, 15) is 13.2 Å². The first-order chi connectivity index (χ1) is 9.37. The van der Waals surface area contributed by atoms with Gasteiger partial charge in [0.15, 0.2) is 0 Å². The van der Waals surface area contributed by atoms with Gasteiger partial charge in [-0.25, -0.2) is 14.7 Å². The molecule has 1 amide bonds. The average Bonchev–Trinajstić information content (AvgIpc) is 2.76. The third kappa shape index (κ3) is 3.59. The molecule has 12 heteroatoms. The molecule has 0 saturated carbocycles. The lowest BCUT2D eigenvalue weighted by Crippen LogP contribution is -2.14. The Morgan fingerprint density at radius 3 is 2.80 bits per heavy atom. The van der Waals surface area contributed by atoms with E-state index >= 15 is 0 Å². The van der Waals surface area contributed by atoms with Gasteiger partial charge in [0.1, 0.15) is 5.15 Å². The van der Waals surface area contributed by atoms with Crippen LogP contribution in [0.4, 0.5) is 11.1 Å². The predicted octanol–water partition coefficient (Wildman–Crippen LogP) is 0.741. The van der Waals surface area contributed by atoms with Crippen molar-refractivity contribution in [3.8, 4) is 0 Å². The normalized spacial score (nSPS) is 11.1. The molecule has 0 atom stereocenters. The summed E-state index contributed by atoms with van der Waals surface area (Å²) >= 11 is 6.32. The van der Waals surface area contributed by atoms with Crippen LogP contribution in [0.15, 0.2) is 16.6 Å². The van der Waals surface area contributed by atoms with E-state index in [1.54, 1.807) is 0 Å². The van der Waals surface area contributed by atoms with Gasteiger partial charge >= 0.3 is 0 Å². The van der Waals surface area contributed by atoms with Crippen LogP contribution in [-0.2, 0) is 14.8 Å². The highest BCUT2D eigenvalue weighted by atomic mass is 35.5. The number of nitrogens with zero attached hydrogens (tertiary/aromatic N) is 4. The van der Waals surface area contributed by atoms with Crippen molar-refractivity contribution in [3.05, 3.63) is 17.4 Å². The molecule has 0 unspecified atom stereocenters. The van der Waals surface area contributed by atoms with Gasteiger partial charge in [-0.3, -0.25) is 4.79 Å². The van der Waals surface area contributed by atoms with Gasteiger partial charge < -0.3 is 5.32 Å². The largest absolute Gasteiger partial charge is 0.301 e. The first kappa shape index (κ1) is 14.6.